The highest BCUT2D eigenvalue weighted by atomic mass is 35.5. The molecule has 2 aromatic heterocycles. The number of benzene rings is 3. The number of anilines is 1. The fraction of sp³-hybridized carbons (Fsp3) is 0.0909. The van der Waals surface area contributed by atoms with Crippen molar-refractivity contribution in [2.45, 2.75) is 12.6 Å². The van der Waals surface area contributed by atoms with Crippen LogP contribution in [0.25, 0.3) is 11.0 Å². The zero-order valence-corrected chi connectivity index (χ0v) is 17.7. The van der Waals surface area contributed by atoms with E-state index in [4.69, 9.17) is 23.2 Å². The Bertz CT molecular complexity index is 1310. The summed E-state index contributed by atoms with van der Waals surface area (Å²) in [5, 5.41) is 17.4. The zero-order valence-electron chi connectivity index (χ0n) is 16.2. The monoisotopic (exact) mass is 449 g/mol. The third kappa shape index (κ3) is 4.23. The second-order valence-electron chi connectivity index (χ2n) is 7.08. The maximum atomic E-state index is 6.12. The molecule has 0 aliphatic heterocycles. The maximum Gasteiger partial charge on any atom is 0.178 e. The van der Waals surface area contributed by atoms with E-state index < -0.39 is 0 Å². The second-order valence-corrected chi connectivity index (χ2v) is 7.96. The largest absolute Gasteiger partial charge is 0.371 e. The maximum absolute atomic E-state index is 6.12. The molecule has 5 aromatic rings. The van der Waals surface area contributed by atoms with Gasteiger partial charge in [0.25, 0.3) is 0 Å². The molecule has 0 aliphatic rings. The van der Waals surface area contributed by atoms with Crippen LogP contribution in [0.1, 0.15) is 23.0 Å². The van der Waals surface area contributed by atoms with Crippen LogP contribution in [0.2, 0.25) is 10.0 Å². The first kappa shape index (κ1) is 19.5. The van der Waals surface area contributed by atoms with Gasteiger partial charge in [0.2, 0.25) is 0 Å². The lowest BCUT2D eigenvalue weighted by Crippen LogP contribution is -2.19. The molecule has 0 amide bonds. The van der Waals surface area contributed by atoms with Gasteiger partial charge >= 0.3 is 0 Å². The van der Waals surface area contributed by atoms with Crippen LogP contribution in [0.15, 0.2) is 73.1 Å². The number of aromatic amines is 1. The molecule has 5 rings (SSSR count). The summed E-state index contributed by atoms with van der Waals surface area (Å²) < 4.78 is 1.78. The predicted molar refractivity (Wildman–Crippen MR) is 121 cm³/mol. The Hall–Kier alpha value is -3.42. The van der Waals surface area contributed by atoms with E-state index in [1.165, 1.54) is 0 Å². The molecule has 9 heteroatoms. The van der Waals surface area contributed by atoms with E-state index in [9.17, 15) is 0 Å². The van der Waals surface area contributed by atoms with Crippen LogP contribution in [0, 0.1) is 0 Å². The molecule has 0 fully saturated rings. The molecule has 0 saturated carbocycles. The number of H-pyrrole nitrogens is 1. The second kappa shape index (κ2) is 8.37. The molecule has 0 bridgehead atoms. The summed E-state index contributed by atoms with van der Waals surface area (Å²) in [6.45, 7) is 0.519. The zero-order chi connectivity index (χ0) is 21.2. The molecular weight excluding hydrogens is 433 g/mol. The van der Waals surface area contributed by atoms with Crippen LogP contribution in [0.5, 0.6) is 0 Å². The van der Waals surface area contributed by atoms with Gasteiger partial charge in [0.05, 0.1) is 23.9 Å². The highest BCUT2D eigenvalue weighted by Gasteiger charge is 2.22. The van der Waals surface area contributed by atoms with Gasteiger partial charge in [-0.3, -0.25) is 0 Å². The number of nitrogens with zero attached hydrogens (tertiary/aromatic N) is 5. The van der Waals surface area contributed by atoms with Crippen LogP contribution in [-0.4, -0.2) is 30.2 Å². The van der Waals surface area contributed by atoms with Crippen LogP contribution < -0.4 is 5.32 Å². The first-order valence-electron chi connectivity index (χ1n) is 9.61. The number of rotatable bonds is 6. The fourth-order valence-electron chi connectivity index (χ4n) is 3.44. The highest BCUT2D eigenvalue weighted by molar-refractivity contribution is 6.30. The highest BCUT2D eigenvalue weighted by Crippen LogP contribution is 2.28. The summed E-state index contributed by atoms with van der Waals surface area (Å²) in [5.41, 5.74) is 4.80. The van der Waals surface area contributed by atoms with Gasteiger partial charge in [-0.25, -0.2) is 9.67 Å². The van der Waals surface area contributed by atoms with Gasteiger partial charge in [-0.2, -0.15) is 0 Å². The van der Waals surface area contributed by atoms with Gasteiger partial charge in [-0.1, -0.05) is 47.5 Å². The minimum absolute atomic E-state index is 0.292. The van der Waals surface area contributed by atoms with Crippen molar-refractivity contribution in [1.82, 2.24) is 30.2 Å². The molecule has 7 nitrogen and oxygen atoms in total. The molecule has 1 unspecified atom stereocenters. The van der Waals surface area contributed by atoms with E-state index in [1.54, 1.807) is 11.0 Å². The molecule has 31 heavy (non-hydrogen) atoms. The summed E-state index contributed by atoms with van der Waals surface area (Å²) in [5.74, 6) is 0.682. The number of halogens is 2. The molecule has 2 heterocycles. The average Bonchev–Trinajstić information content (AvgIpc) is 3.43. The molecule has 0 saturated heterocycles. The molecule has 3 aromatic carbocycles. The Balaban J connectivity index is 1.52. The van der Waals surface area contributed by atoms with Gasteiger partial charge in [0, 0.05) is 15.7 Å². The minimum Gasteiger partial charge on any atom is -0.371 e. The Morgan fingerprint density at radius 1 is 0.935 bits per heavy atom. The number of imidazole rings is 1. The van der Waals surface area contributed by atoms with E-state index in [2.05, 4.69) is 30.8 Å². The van der Waals surface area contributed by atoms with Crippen molar-refractivity contribution < 1.29 is 0 Å². The van der Waals surface area contributed by atoms with Crippen LogP contribution in [0.4, 0.5) is 5.69 Å². The van der Waals surface area contributed by atoms with Crippen molar-refractivity contribution in [2.24, 2.45) is 0 Å². The molecule has 0 aliphatic carbocycles. The minimum atomic E-state index is -0.292. The predicted octanol–water partition coefficient (Wildman–Crippen LogP) is 5.11. The van der Waals surface area contributed by atoms with Crippen molar-refractivity contribution >= 4 is 39.9 Å². The third-order valence-electron chi connectivity index (χ3n) is 5.00. The van der Waals surface area contributed by atoms with Crippen molar-refractivity contribution in [3.05, 3.63) is 100 Å². The van der Waals surface area contributed by atoms with Crippen molar-refractivity contribution in [3.8, 4) is 0 Å². The normalized spacial score (nSPS) is 12.2. The Morgan fingerprint density at radius 2 is 1.68 bits per heavy atom. The molecule has 0 radical (unpaired) electrons. The molecular formula is C22H17Cl2N7. The molecule has 2 N–H and O–H groups in total. The van der Waals surface area contributed by atoms with E-state index in [1.807, 2.05) is 66.7 Å². The van der Waals surface area contributed by atoms with Crippen molar-refractivity contribution in [1.29, 1.82) is 0 Å². The number of tetrazole rings is 1. The quantitative estimate of drug-likeness (QED) is 0.376. The van der Waals surface area contributed by atoms with E-state index in [0.717, 1.165) is 27.8 Å². The third-order valence-corrected chi connectivity index (χ3v) is 5.50. The van der Waals surface area contributed by atoms with Gasteiger partial charge in [-0.05, 0) is 64.0 Å². The van der Waals surface area contributed by atoms with E-state index in [0.29, 0.717) is 22.4 Å². The SMILES string of the molecule is Clc1ccc(Cn2nnnc2C(Nc2ccc3nc[nH]c3c2)c2ccc(Cl)cc2)cc1. The summed E-state index contributed by atoms with van der Waals surface area (Å²) >= 11 is 12.1. The topological polar surface area (TPSA) is 84.3 Å². The number of hydrogen-bond acceptors (Lipinski definition) is 5. The number of fused-ring (bicyclic) bond motifs is 1. The van der Waals surface area contributed by atoms with Gasteiger partial charge in [0.15, 0.2) is 5.82 Å². The smallest absolute Gasteiger partial charge is 0.178 e. The Labute approximate surface area is 188 Å². The van der Waals surface area contributed by atoms with E-state index in [-0.39, 0.29) is 6.04 Å². The van der Waals surface area contributed by atoms with Gasteiger partial charge in [-0.15, -0.1) is 5.10 Å². The first-order valence-corrected chi connectivity index (χ1v) is 10.4. The molecule has 0 spiro atoms. The van der Waals surface area contributed by atoms with E-state index >= 15 is 0 Å². The summed E-state index contributed by atoms with van der Waals surface area (Å²) in [6.07, 6.45) is 1.68. The van der Waals surface area contributed by atoms with Crippen LogP contribution in [-0.2, 0) is 6.54 Å². The molecule has 154 valence electrons. The Morgan fingerprint density at radius 3 is 2.45 bits per heavy atom. The van der Waals surface area contributed by atoms with Crippen LogP contribution >= 0.6 is 23.2 Å². The van der Waals surface area contributed by atoms with Crippen LogP contribution in [0.3, 0.4) is 0 Å². The Kier molecular flexibility index (Phi) is 5.28. The number of aromatic nitrogens is 6. The lowest BCUT2D eigenvalue weighted by atomic mass is 10.1. The van der Waals surface area contributed by atoms with Gasteiger partial charge in [0.1, 0.15) is 6.04 Å². The average molecular weight is 450 g/mol. The summed E-state index contributed by atoms with van der Waals surface area (Å²) in [4.78, 5) is 7.42. The summed E-state index contributed by atoms with van der Waals surface area (Å²) in [6, 6.07) is 21.0. The van der Waals surface area contributed by atoms with Crippen molar-refractivity contribution in [2.75, 3.05) is 5.32 Å². The fourth-order valence-corrected chi connectivity index (χ4v) is 3.69. The standard InChI is InChI=1S/C22H17Cl2N7/c23-16-5-1-14(2-6-16)12-31-22(28-29-30-31)21(15-3-7-17(24)8-4-15)27-18-9-10-19-20(11-18)26-13-25-19/h1-11,13,21,27H,12H2,(H,25,26). The lowest BCUT2D eigenvalue weighted by molar-refractivity contribution is 0.608. The number of nitrogens with one attached hydrogen (secondary N) is 2. The lowest BCUT2D eigenvalue weighted by Gasteiger charge is -2.20. The first-order chi connectivity index (χ1) is 15.2. The van der Waals surface area contributed by atoms with Gasteiger partial charge < -0.3 is 10.3 Å². The summed E-state index contributed by atoms with van der Waals surface area (Å²) in [7, 11) is 0. The number of hydrogen-bond donors (Lipinski definition) is 2. The van der Waals surface area contributed by atoms with Crippen molar-refractivity contribution in [3.63, 3.8) is 0 Å². The molecule has 1 atom stereocenters.